The molecule has 0 spiro atoms. The molecule has 1 atom stereocenters. The number of methoxy groups -OCH3 is 1. The molecule has 0 fully saturated rings. The Kier molecular flexibility index (Phi) is 6.01. The number of amides is 1. The fourth-order valence-electron chi connectivity index (χ4n) is 3.00. The number of anilines is 1. The third-order valence-corrected chi connectivity index (χ3v) is 4.64. The molecule has 9 nitrogen and oxygen atoms in total. The first-order chi connectivity index (χ1) is 14.3. The summed E-state index contributed by atoms with van der Waals surface area (Å²) < 4.78 is 6.36. The molecule has 2 aromatic heterocycles. The first-order valence-corrected chi connectivity index (χ1v) is 9.25. The van der Waals surface area contributed by atoms with Gasteiger partial charge in [-0.3, -0.25) is 18.8 Å². The van der Waals surface area contributed by atoms with E-state index in [-0.39, 0.29) is 12.1 Å². The maximum absolute atomic E-state index is 12.7. The lowest BCUT2D eigenvalue weighted by atomic mass is 10.1. The second-order valence-electron chi connectivity index (χ2n) is 6.70. The van der Waals surface area contributed by atoms with Crippen molar-refractivity contribution in [2.24, 2.45) is 0 Å². The SMILES string of the molecule is COC(=O)CNc1c(-c2ccccc2C)nc2c(C(=O)NC(C)C(=O)O)cccn12. The van der Waals surface area contributed by atoms with Crippen molar-refractivity contribution in [1.29, 1.82) is 0 Å². The molecule has 156 valence electrons. The zero-order valence-corrected chi connectivity index (χ0v) is 16.8. The number of rotatable bonds is 7. The monoisotopic (exact) mass is 410 g/mol. The Hall–Kier alpha value is -3.88. The number of carbonyl (C=O) groups excluding carboxylic acids is 2. The van der Waals surface area contributed by atoms with Gasteiger partial charge >= 0.3 is 11.9 Å². The number of ether oxygens (including phenoxy) is 1. The molecular formula is C21H22N4O5. The number of nitrogens with zero attached hydrogens (tertiary/aromatic N) is 2. The van der Waals surface area contributed by atoms with Gasteiger partial charge in [0.25, 0.3) is 5.91 Å². The summed E-state index contributed by atoms with van der Waals surface area (Å²) in [5.74, 6) is -1.63. The Balaban J connectivity index is 2.14. The van der Waals surface area contributed by atoms with Gasteiger partial charge in [0, 0.05) is 11.8 Å². The number of aromatic nitrogens is 2. The number of benzene rings is 1. The van der Waals surface area contributed by atoms with Crippen molar-refractivity contribution in [3.63, 3.8) is 0 Å². The fourth-order valence-corrected chi connectivity index (χ4v) is 3.00. The summed E-state index contributed by atoms with van der Waals surface area (Å²) in [4.78, 5) is 40.1. The van der Waals surface area contributed by atoms with Crippen LogP contribution in [-0.4, -0.2) is 52.0 Å². The lowest BCUT2D eigenvalue weighted by Gasteiger charge is -2.11. The molecule has 0 aliphatic rings. The van der Waals surface area contributed by atoms with Crippen LogP contribution < -0.4 is 10.6 Å². The number of fused-ring (bicyclic) bond motifs is 1. The summed E-state index contributed by atoms with van der Waals surface area (Å²) in [6, 6.07) is 9.78. The molecule has 1 aromatic carbocycles. The lowest BCUT2D eigenvalue weighted by molar-refractivity contribution is -0.139. The molecule has 9 heteroatoms. The summed E-state index contributed by atoms with van der Waals surface area (Å²) in [5, 5.41) is 14.6. The molecule has 0 radical (unpaired) electrons. The minimum atomic E-state index is -1.14. The molecule has 0 saturated carbocycles. The summed E-state index contributed by atoms with van der Waals surface area (Å²) >= 11 is 0. The van der Waals surface area contributed by atoms with E-state index in [1.54, 1.807) is 22.7 Å². The van der Waals surface area contributed by atoms with Crippen LogP contribution in [0.15, 0.2) is 42.6 Å². The van der Waals surface area contributed by atoms with Crippen molar-refractivity contribution >= 4 is 29.3 Å². The van der Waals surface area contributed by atoms with E-state index in [4.69, 9.17) is 9.84 Å². The van der Waals surface area contributed by atoms with Crippen LogP contribution in [0.4, 0.5) is 5.82 Å². The van der Waals surface area contributed by atoms with Crippen molar-refractivity contribution in [2.75, 3.05) is 19.0 Å². The largest absolute Gasteiger partial charge is 0.480 e. The highest BCUT2D eigenvalue weighted by Crippen LogP contribution is 2.32. The quantitative estimate of drug-likeness (QED) is 0.510. The predicted octanol–water partition coefficient (Wildman–Crippen LogP) is 2.10. The molecule has 0 bridgehead atoms. The van der Waals surface area contributed by atoms with Gasteiger partial charge in [0.2, 0.25) is 0 Å². The number of pyridine rings is 1. The van der Waals surface area contributed by atoms with Gasteiger partial charge in [-0.25, -0.2) is 4.98 Å². The van der Waals surface area contributed by atoms with Crippen molar-refractivity contribution in [2.45, 2.75) is 19.9 Å². The number of carboxylic acids is 1. The van der Waals surface area contributed by atoms with E-state index in [0.717, 1.165) is 11.1 Å². The first kappa shape index (κ1) is 20.8. The molecule has 0 aliphatic heterocycles. The van der Waals surface area contributed by atoms with Crippen LogP contribution in [0.25, 0.3) is 16.9 Å². The fraction of sp³-hybridized carbons (Fsp3) is 0.238. The van der Waals surface area contributed by atoms with Crippen LogP contribution in [-0.2, 0) is 14.3 Å². The highest BCUT2D eigenvalue weighted by Gasteiger charge is 2.22. The summed E-state index contributed by atoms with van der Waals surface area (Å²) in [6.07, 6.45) is 1.71. The summed E-state index contributed by atoms with van der Waals surface area (Å²) in [5.41, 5.74) is 2.90. The molecule has 0 aliphatic carbocycles. The number of imidazole rings is 1. The Morgan fingerprint density at radius 1 is 1.20 bits per heavy atom. The van der Waals surface area contributed by atoms with Crippen molar-refractivity contribution in [3.05, 3.63) is 53.7 Å². The molecule has 1 amide bonds. The zero-order valence-electron chi connectivity index (χ0n) is 16.8. The van der Waals surface area contributed by atoms with E-state index < -0.39 is 23.9 Å². The van der Waals surface area contributed by atoms with Crippen LogP contribution in [0.2, 0.25) is 0 Å². The Morgan fingerprint density at radius 3 is 2.60 bits per heavy atom. The summed E-state index contributed by atoms with van der Waals surface area (Å²) in [7, 11) is 1.30. The second-order valence-corrected chi connectivity index (χ2v) is 6.70. The molecule has 1 unspecified atom stereocenters. The van der Waals surface area contributed by atoms with Crippen LogP contribution >= 0.6 is 0 Å². The van der Waals surface area contributed by atoms with Crippen LogP contribution in [0.5, 0.6) is 0 Å². The maximum atomic E-state index is 12.7. The summed E-state index contributed by atoms with van der Waals surface area (Å²) in [6.45, 7) is 3.23. The van der Waals surface area contributed by atoms with E-state index in [0.29, 0.717) is 17.2 Å². The van der Waals surface area contributed by atoms with Gasteiger partial charge in [0.05, 0.1) is 12.7 Å². The number of hydrogen-bond donors (Lipinski definition) is 3. The Bertz CT molecular complexity index is 1120. The van der Waals surface area contributed by atoms with E-state index >= 15 is 0 Å². The number of carbonyl (C=O) groups is 3. The van der Waals surface area contributed by atoms with E-state index in [9.17, 15) is 14.4 Å². The van der Waals surface area contributed by atoms with E-state index in [1.165, 1.54) is 14.0 Å². The molecule has 3 aromatic rings. The zero-order chi connectivity index (χ0) is 21.8. The first-order valence-electron chi connectivity index (χ1n) is 9.25. The normalized spacial score (nSPS) is 11.7. The topological polar surface area (TPSA) is 122 Å². The molecule has 3 rings (SSSR count). The number of aliphatic carboxylic acids is 1. The smallest absolute Gasteiger partial charge is 0.325 e. The van der Waals surface area contributed by atoms with E-state index in [1.807, 2.05) is 31.2 Å². The van der Waals surface area contributed by atoms with Crippen LogP contribution in [0.3, 0.4) is 0 Å². The van der Waals surface area contributed by atoms with Crippen molar-refractivity contribution < 1.29 is 24.2 Å². The molecular weight excluding hydrogens is 388 g/mol. The van der Waals surface area contributed by atoms with Crippen LogP contribution in [0, 0.1) is 6.92 Å². The third kappa shape index (κ3) is 4.09. The van der Waals surface area contributed by atoms with Crippen LogP contribution in [0.1, 0.15) is 22.8 Å². The van der Waals surface area contributed by atoms with Gasteiger partial charge in [0.15, 0.2) is 5.65 Å². The minimum Gasteiger partial charge on any atom is -0.480 e. The predicted molar refractivity (Wildman–Crippen MR) is 110 cm³/mol. The molecule has 2 heterocycles. The molecule has 0 saturated heterocycles. The lowest BCUT2D eigenvalue weighted by Crippen LogP contribution is -2.38. The number of carboxylic acid groups (broad SMARTS) is 1. The standard InChI is InChI=1S/C21H22N4O5/c1-12-7-4-5-8-14(12)17-19(22-11-16(26)30-3)25-10-6-9-15(18(25)24-17)20(27)23-13(2)21(28)29/h4-10,13,22H,11H2,1-3H3,(H,23,27)(H,28,29). The molecule has 30 heavy (non-hydrogen) atoms. The third-order valence-electron chi connectivity index (χ3n) is 4.64. The average Bonchev–Trinajstić information content (AvgIpc) is 3.10. The van der Waals surface area contributed by atoms with Gasteiger partial charge in [-0.1, -0.05) is 24.3 Å². The van der Waals surface area contributed by atoms with E-state index in [2.05, 4.69) is 15.6 Å². The van der Waals surface area contributed by atoms with Crippen molar-refractivity contribution in [1.82, 2.24) is 14.7 Å². The number of aryl methyl sites for hydroxylation is 1. The maximum Gasteiger partial charge on any atom is 0.325 e. The number of hydrogen-bond acceptors (Lipinski definition) is 6. The molecule has 3 N–H and O–H groups in total. The van der Waals surface area contributed by atoms with Gasteiger partial charge in [-0.15, -0.1) is 0 Å². The van der Waals surface area contributed by atoms with Gasteiger partial charge < -0.3 is 20.5 Å². The number of esters is 1. The van der Waals surface area contributed by atoms with Gasteiger partial charge in [-0.2, -0.15) is 0 Å². The highest BCUT2D eigenvalue weighted by atomic mass is 16.5. The minimum absolute atomic E-state index is 0.0877. The van der Waals surface area contributed by atoms with Crippen molar-refractivity contribution in [3.8, 4) is 11.3 Å². The Morgan fingerprint density at radius 2 is 1.93 bits per heavy atom. The Labute approximate surface area is 172 Å². The highest BCUT2D eigenvalue weighted by molar-refractivity contribution is 6.02. The average molecular weight is 410 g/mol. The van der Waals surface area contributed by atoms with Gasteiger partial charge in [0.1, 0.15) is 24.1 Å². The van der Waals surface area contributed by atoms with Gasteiger partial charge in [-0.05, 0) is 31.5 Å². The second kappa shape index (κ2) is 8.64. The number of nitrogens with one attached hydrogen (secondary N) is 2.